The van der Waals surface area contributed by atoms with Crippen molar-refractivity contribution in [3.63, 3.8) is 0 Å². The van der Waals surface area contributed by atoms with Gasteiger partial charge in [0.05, 0.1) is 36.4 Å². The quantitative estimate of drug-likeness (QED) is 0.351. The molecule has 0 amide bonds. The normalized spacial score (nSPS) is 28.5. The van der Waals surface area contributed by atoms with Crippen LogP contribution in [0.4, 0.5) is 5.95 Å². The topological polar surface area (TPSA) is 125 Å². The highest BCUT2D eigenvalue weighted by Crippen LogP contribution is 2.53. The number of rotatable bonds is 8. The third kappa shape index (κ3) is 4.72. The van der Waals surface area contributed by atoms with E-state index in [1.54, 1.807) is 24.3 Å². The van der Waals surface area contributed by atoms with Gasteiger partial charge in [0.15, 0.2) is 5.82 Å². The fourth-order valence-corrected chi connectivity index (χ4v) is 6.73. The van der Waals surface area contributed by atoms with E-state index >= 15 is 0 Å². The third-order valence-electron chi connectivity index (χ3n) is 8.92. The Bertz CT molecular complexity index is 1190. The van der Waals surface area contributed by atoms with Crippen LogP contribution in [0.2, 0.25) is 0 Å². The second-order valence-electron chi connectivity index (χ2n) is 12.4. The van der Waals surface area contributed by atoms with Crippen LogP contribution in [0.5, 0.6) is 0 Å². The van der Waals surface area contributed by atoms with Crippen molar-refractivity contribution < 1.29 is 9.84 Å². The van der Waals surface area contributed by atoms with Crippen LogP contribution in [0.3, 0.4) is 0 Å². The molecule has 3 fully saturated rings. The summed E-state index contributed by atoms with van der Waals surface area (Å²) in [6.07, 6.45) is 8.21. The van der Waals surface area contributed by atoms with Crippen molar-refractivity contribution >= 4 is 5.95 Å². The van der Waals surface area contributed by atoms with E-state index in [2.05, 4.69) is 74.0 Å². The SMILES string of the molecule is C=CC1(C=C)C(=C)C(N)(c2ncnc(N3CCOCC3)n2)C(=C)C(C=C)(C=C)N1NC1CC(C)(C)NC(C)(C)C1O. The Morgan fingerprint density at radius 2 is 1.54 bits per heavy atom. The average Bonchev–Trinajstić information content (AvgIpc) is 2.96. The maximum Gasteiger partial charge on any atom is 0.228 e. The number of hydrazine groups is 1. The largest absolute Gasteiger partial charge is 0.390 e. The van der Waals surface area contributed by atoms with E-state index in [0.717, 1.165) is 0 Å². The summed E-state index contributed by atoms with van der Waals surface area (Å²) in [5.74, 6) is 0.783. The maximum absolute atomic E-state index is 11.5. The number of nitrogens with one attached hydrogen (secondary N) is 2. The lowest BCUT2D eigenvalue weighted by Crippen LogP contribution is -2.78. The molecule has 0 radical (unpaired) electrons. The lowest BCUT2D eigenvalue weighted by molar-refractivity contribution is -0.0679. The molecule has 41 heavy (non-hydrogen) atoms. The van der Waals surface area contributed by atoms with Gasteiger partial charge in [0.25, 0.3) is 0 Å². The third-order valence-corrected chi connectivity index (χ3v) is 8.92. The van der Waals surface area contributed by atoms with Crippen molar-refractivity contribution in [3.8, 4) is 0 Å². The number of anilines is 1. The summed E-state index contributed by atoms with van der Waals surface area (Å²) in [6, 6.07) is -0.379. The summed E-state index contributed by atoms with van der Waals surface area (Å²) in [4.78, 5) is 15.8. The van der Waals surface area contributed by atoms with Gasteiger partial charge in [0.2, 0.25) is 5.95 Å². The van der Waals surface area contributed by atoms with Gasteiger partial charge in [-0.25, -0.2) is 20.4 Å². The summed E-state index contributed by atoms with van der Waals surface area (Å²) in [5.41, 5.74) is 7.29. The lowest BCUT2D eigenvalue weighted by atomic mass is 9.61. The van der Waals surface area contributed by atoms with E-state index < -0.39 is 28.3 Å². The Hall–Kier alpha value is -2.99. The molecule has 5 N–H and O–H groups in total. The van der Waals surface area contributed by atoms with Gasteiger partial charge in [-0.05, 0) is 45.3 Å². The number of aliphatic hydroxyl groups excluding tert-OH is 1. The first kappa shape index (κ1) is 31.0. The molecule has 1 aromatic heterocycles. The minimum absolute atomic E-state index is 0.265. The number of aliphatic hydroxyl groups is 1. The van der Waals surface area contributed by atoms with Crippen LogP contribution < -0.4 is 21.4 Å². The molecule has 3 saturated heterocycles. The molecule has 0 aliphatic carbocycles. The van der Waals surface area contributed by atoms with Gasteiger partial charge in [0.1, 0.15) is 11.9 Å². The summed E-state index contributed by atoms with van der Waals surface area (Å²) >= 11 is 0. The zero-order chi connectivity index (χ0) is 30.4. The molecule has 222 valence electrons. The van der Waals surface area contributed by atoms with Crippen LogP contribution in [0.15, 0.2) is 81.3 Å². The first-order valence-corrected chi connectivity index (χ1v) is 14.0. The molecular weight excluding hydrogens is 516 g/mol. The molecule has 10 heteroatoms. The fraction of sp³-hybridized carbons (Fsp3) is 0.516. The van der Waals surface area contributed by atoms with Crippen molar-refractivity contribution in [2.75, 3.05) is 31.2 Å². The molecule has 0 aromatic carbocycles. The minimum atomic E-state index is -1.46. The van der Waals surface area contributed by atoms with Gasteiger partial charge in [-0.15, -0.1) is 26.3 Å². The van der Waals surface area contributed by atoms with Crippen molar-refractivity contribution in [3.05, 3.63) is 87.1 Å². The predicted molar refractivity (Wildman–Crippen MR) is 164 cm³/mol. The first-order chi connectivity index (χ1) is 19.2. The van der Waals surface area contributed by atoms with E-state index in [9.17, 15) is 5.11 Å². The summed E-state index contributed by atoms with van der Waals surface area (Å²) in [5, 5.41) is 17.0. The van der Waals surface area contributed by atoms with Crippen LogP contribution in [0.1, 0.15) is 39.9 Å². The maximum atomic E-state index is 11.5. The van der Waals surface area contributed by atoms with Crippen LogP contribution >= 0.6 is 0 Å². The molecule has 0 spiro atoms. The summed E-state index contributed by atoms with van der Waals surface area (Å²) < 4.78 is 5.50. The highest BCUT2D eigenvalue weighted by Gasteiger charge is 2.62. The summed E-state index contributed by atoms with van der Waals surface area (Å²) in [6.45, 7) is 36.4. The Morgan fingerprint density at radius 1 is 1.00 bits per heavy atom. The van der Waals surface area contributed by atoms with Gasteiger partial charge in [0, 0.05) is 24.2 Å². The number of nitrogens with zero attached hydrogens (tertiary/aromatic N) is 5. The van der Waals surface area contributed by atoms with Crippen molar-refractivity contribution in [1.29, 1.82) is 0 Å². The molecule has 4 heterocycles. The first-order valence-electron chi connectivity index (χ1n) is 14.0. The van der Waals surface area contributed by atoms with E-state index in [1.807, 2.05) is 23.8 Å². The van der Waals surface area contributed by atoms with E-state index in [1.165, 1.54) is 6.33 Å². The highest BCUT2D eigenvalue weighted by molar-refractivity contribution is 5.60. The number of morpholine rings is 1. The van der Waals surface area contributed by atoms with Crippen molar-refractivity contribution in [2.24, 2.45) is 5.73 Å². The minimum Gasteiger partial charge on any atom is -0.390 e. The molecule has 3 aliphatic rings. The molecule has 2 atom stereocenters. The molecule has 4 rings (SSSR count). The number of ether oxygens (including phenoxy) is 1. The van der Waals surface area contributed by atoms with Crippen LogP contribution in [-0.2, 0) is 10.3 Å². The average molecular weight is 563 g/mol. The standard InChI is InChI=1S/C31H46N8O2/c1-11-29(12-2)21(5)31(32,25-33-20-34-26(35-25)38-15-17-41-18-16-38)22(6)30(13-3,14-4)39(29)36-23-19-27(7,8)37-28(9,10)24(23)40/h11-14,20,23-24,36-37,40H,1-6,15-19,32H2,7-10H3. The van der Waals surface area contributed by atoms with E-state index in [-0.39, 0.29) is 17.4 Å². The molecule has 0 bridgehead atoms. The number of hydrogen-bond donors (Lipinski definition) is 4. The molecule has 2 unspecified atom stereocenters. The van der Waals surface area contributed by atoms with Crippen molar-refractivity contribution in [2.45, 2.75) is 74.0 Å². The Labute approximate surface area is 244 Å². The van der Waals surface area contributed by atoms with Gasteiger partial charge < -0.3 is 25.8 Å². The zero-order valence-corrected chi connectivity index (χ0v) is 25.0. The predicted octanol–water partition coefficient (Wildman–Crippen LogP) is 2.30. The molecule has 0 saturated carbocycles. The zero-order valence-electron chi connectivity index (χ0n) is 25.0. The van der Waals surface area contributed by atoms with Gasteiger partial charge in [-0.1, -0.05) is 37.5 Å². The second kappa shape index (κ2) is 10.7. The molecule has 10 nitrogen and oxygen atoms in total. The van der Waals surface area contributed by atoms with Gasteiger partial charge in [-0.3, -0.25) is 0 Å². The monoisotopic (exact) mass is 562 g/mol. The molecule has 3 aliphatic heterocycles. The van der Waals surface area contributed by atoms with E-state index in [0.29, 0.717) is 49.8 Å². The summed E-state index contributed by atoms with van der Waals surface area (Å²) in [7, 11) is 0. The van der Waals surface area contributed by atoms with Crippen LogP contribution in [0, 0.1) is 0 Å². The lowest BCUT2D eigenvalue weighted by Gasteiger charge is -2.62. The van der Waals surface area contributed by atoms with E-state index in [4.69, 9.17) is 15.5 Å². The second-order valence-corrected chi connectivity index (χ2v) is 12.4. The Balaban J connectivity index is 1.88. The fourth-order valence-electron chi connectivity index (χ4n) is 6.73. The number of piperidine rings is 2. The number of hydrogen-bond acceptors (Lipinski definition) is 10. The Morgan fingerprint density at radius 3 is 2.05 bits per heavy atom. The molecule has 1 aromatic rings. The van der Waals surface area contributed by atoms with Crippen LogP contribution in [0.25, 0.3) is 0 Å². The van der Waals surface area contributed by atoms with Crippen molar-refractivity contribution in [1.82, 2.24) is 30.7 Å². The van der Waals surface area contributed by atoms with Gasteiger partial charge >= 0.3 is 0 Å². The number of aromatic nitrogens is 3. The Kier molecular flexibility index (Phi) is 8.07. The highest BCUT2D eigenvalue weighted by atomic mass is 16.5. The van der Waals surface area contributed by atoms with Gasteiger partial charge in [-0.2, -0.15) is 4.98 Å². The van der Waals surface area contributed by atoms with Crippen LogP contribution in [-0.4, -0.2) is 85.7 Å². The number of nitrogens with two attached hydrogens (primary N) is 1. The molecular formula is C31H46N8O2. The smallest absolute Gasteiger partial charge is 0.228 e.